The molecule has 7 heteroatoms. The first-order chi connectivity index (χ1) is 7.41. The van der Waals surface area contributed by atoms with Gasteiger partial charge in [0.15, 0.2) is 0 Å². The monoisotopic (exact) mass is 253 g/mol. The van der Waals surface area contributed by atoms with Gasteiger partial charge < -0.3 is 9.84 Å². The molecule has 6 nitrogen and oxygen atoms in total. The summed E-state index contributed by atoms with van der Waals surface area (Å²) in [7, 11) is -1.93. The van der Waals surface area contributed by atoms with Crippen LogP contribution >= 0.6 is 0 Å². The molecule has 0 aromatic carbocycles. The number of aliphatic carboxylic acids is 1. The van der Waals surface area contributed by atoms with Crippen molar-refractivity contribution < 1.29 is 23.1 Å². The summed E-state index contributed by atoms with van der Waals surface area (Å²) in [6, 6.07) is 0. The van der Waals surface area contributed by atoms with E-state index in [-0.39, 0.29) is 31.2 Å². The average molecular weight is 253 g/mol. The Hall–Kier alpha value is -0.660. The smallest absolute Gasteiger partial charge is 0.303 e. The molecule has 0 bridgehead atoms. The van der Waals surface area contributed by atoms with Crippen LogP contribution in [0.25, 0.3) is 0 Å². The summed E-state index contributed by atoms with van der Waals surface area (Å²) in [6.45, 7) is 2.12. The summed E-state index contributed by atoms with van der Waals surface area (Å²) in [5.41, 5.74) is 0. The van der Waals surface area contributed by atoms with E-state index in [0.717, 1.165) is 0 Å². The van der Waals surface area contributed by atoms with Crippen LogP contribution in [-0.4, -0.2) is 45.5 Å². The number of sulfonamides is 1. The highest BCUT2D eigenvalue weighted by Crippen LogP contribution is 2.07. The van der Waals surface area contributed by atoms with Gasteiger partial charge in [-0.2, -0.15) is 0 Å². The third-order valence-electron chi connectivity index (χ3n) is 2.19. The van der Waals surface area contributed by atoms with Crippen molar-refractivity contribution in [3.05, 3.63) is 0 Å². The molecule has 1 unspecified atom stereocenters. The predicted octanol–water partition coefficient (Wildman–Crippen LogP) is 0.0531. The number of nitrogens with one attached hydrogen (secondary N) is 1. The first-order valence-corrected chi connectivity index (χ1v) is 6.74. The second-order valence-corrected chi connectivity index (χ2v) is 5.46. The molecule has 0 fully saturated rings. The van der Waals surface area contributed by atoms with E-state index < -0.39 is 16.0 Å². The maximum absolute atomic E-state index is 11.4. The normalized spacial score (nSPS) is 13.6. The SMILES string of the molecule is CCC(CNS(=O)(=O)CCOC)CC(=O)O. The molecule has 16 heavy (non-hydrogen) atoms. The van der Waals surface area contributed by atoms with Gasteiger partial charge in [-0.25, -0.2) is 13.1 Å². The second kappa shape index (κ2) is 7.59. The van der Waals surface area contributed by atoms with Crippen LogP contribution in [0.15, 0.2) is 0 Å². The quantitative estimate of drug-likeness (QED) is 0.606. The van der Waals surface area contributed by atoms with E-state index in [2.05, 4.69) is 9.46 Å². The van der Waals surface area contributed by atoms with E-state index in [1.165, 1.54) is 7.11 Å². The van der Waals surface area contributed by atoms with Gasteiger partial charge in [0.25, 0.3) is 0 Å². The molecule has 0 rings (SSSR count). The van der Waals surface area contributed by atoms with Gasteiger partial charge in [-0.1, -0.05) is 13.3 Å². The number of ether oxygens (including phenoxy) is 1. The third kappa shape index (κ3) is 7.61. The third-order valence-corrected chi connectivity index (χ3v) is 3.50. The molecular weight excluding hydrogens is 234 g/mol. The number of hydrogen-bond acceptors (Lipinski definition) is 4. The first kappa shape index (κ1) is 15.3. The number of hydrogen-bond donors (Lipinski definition) is 2. The highest BCUT2D eigenvalue weighted by molar-refractivity contribution is 7.89. The summed E-state index contributed by atoms with van der Waals surface area (Å²) in [5.74, 6) is -1.19. The molecule has 0 saturated heterocycles. The molecule has 0 aliphatic rings. The summed E-state index contributed by atoms with van der Waals surface area (Å²) >= 11 is 0. The van der Waals surface area contributed by atoms with Crippen LogP contribution in [0.3, 0.4) is 0 Å². The van der Waals surface area contributed by atoms with Gasteiger partial charge in [0.2, 0.25) is 10.0 Å². The number of rotatable bonds is 9. The molecule has 0 amide bonds. The zero-order valence-corrected chi connectivity index (χ0v) is 10.4. The lowest BCUT2D eigenvalue weighted by Gasteiger charge is -2.13. The summed E-state index contributed by atoms with van der Waals surface area (Å²) < 4.78 is 29.8. The fraction of sp³-hybridized carbons (Fsp3) is 0.889. The molecule has 0 aromatic heterocycles. The minimum absolute atomic E-state index is 0.0245. The second-order valence-electron chi connectivity index (χ2n) is 3.53. The van der Waals surface area contributed by atoms with E-state index in [4.69, 9.17) is 5.11 Å². The van der Waals surface area contributed by atoms with E-state index in [9.17, 15) is 13.2 Å². The molecule has 0 aliphatic carbocycles. The van der Waals surface area contributed by atoms with Crippen molar-refractivity contribution in [3.8, 4) is 0 Å². The Kier molecular flexibility index (Phi) is 7.27. The van der Waals surface area contributed by atoms with Gasteiger partial charge in [-0.15, -0.1) is 0 Å². The van der Waals surface area contributed by atoms with Crippen molar-refractivity contribution in [1.29, 1.82) is 0 Å². The minimum Gasteiger partial charge on any atom is -0.481 e. The number of carboxylic acid groups (broad SMARTS) is 1. The lowest BCUT2D eigenvalue weighted by Crippen LogP contribution is -2.33. The molecule has 0 heterocycles. The van der Waals surface area contributed by atoms with Crippen molar-refractivity contribution in [2.24, 2.45) is 5.92 Å². The van der Waals surface area contributed by atoms with Crippen LogP contribution in [0, 0.1) is 5.92 Å². The van der Waals surface area contributed by atoms with Crippen molar-refractivity contribution in [3.63, 3.8) is 0 Å². The summed E-state index contributed by atoms with van der Waals surface area (Å²) in [6.07, 6.45) is 0.600. The van der Waals surface area contributed by atoms with E-state index in [1.807, 2.05) is 6.92 Å². The fourth-order valence-corrected chi connectivity index (χ4v) is 2.14. The Bertz CT molecular complexity index is 301. The van der Waals surface area contributed by atoms with Gasteiger partial charge >= 0.3 is 5.97 Å². The predicted molar refractivity (Wildman–Crippen MR) is 59.7 cm³/mol. The largest absolute Gasteiger partial charge is 0.481 e. The molecule has 0 aromatic rings. The van der Waals surface area contributed by atoms with E-state index >= 15 is 0 Å². The standard InChI is InChI=1S/C9H19NO5S/c1-3-8(6-9(11)12)7-10-16(13,14)5-4-15-2/h8,10H,3-7H2,1-2H3,(H,11,12). The van der Waals surface area contributed by atoms with Crippen LogP contribution in [-0.2, 0) is 19.6 Å². The van der Waals surface area contributed by atoms with Crippen LogP contribution in [0.2, 0.25) is 0 Å². The Morgan fingerprint density at radius 3 is 2.56 bits per heavy atom. The number of carbonyl (C=O) groups is 1. The summed E-state index contributed by atoms with van der Waals surface area (Å²) in [5, 5.41) is 8.59. The molecule has 0 spiro atoms. The average Bonchev–Trinajstić information content (AvgIpc) is 2.21. The van der Waals surface area contributed by atoms with E-state index in [1.54, 1.807) is 0 Å². The van der Waals surface area contributed by atoms with Crippen molar-refractivity contribution in [1.82, 2.24) is 4.72 Å². The van der Waals surface area contributed by atoms with Crippen molar-refractivity contribution >= 4 is 16.0 Å². The topological polar surface area (TPSA) is 92.7 Å². The lowest BCUT2D eigenvalue weighted by molar-refractivity contribution is -0.138. The van der Waals surface area contributed by atoms with Gasteiger partial charge in [0, 0.05) is 20.1 Å². The Labute approximate surface area is 96.0 Å². The van der Waals surface area contributed by atoms with Gasteiger partial charge in [-0.3, -0.25) is 4.79 Å². The molecular formula is C9H19NO5S. The Morgan fingerprint density at radius 1 is 1.50 bits per heavy atom. The lowest BCUT2D eigenvalue weighted by atomic mass is 10.0. The molecule has 1 atom stereocenters. The van der Waals surface area contributed by atoms with Crippen molar-refractivity contribution in [2.75, 3.05) is 26.0 Å². The molecule has 0 aliphatic heterocycles. The van der Waals surface area contributed by atoms with E-state index in [0.29, 0.717) is 6.42 Å². The Morgan fingerprint density at radius 2 is 2.12 bits per heavy atom. The van der Waals surface area contributed by atoms with Crippen LogP contribution < -0.4 is 4.72 Å². The molecule has 0 saturated carbocycles. The fourth-order valence-electron chi connectivity index (χ4n) is 1.12. The number of methoxy groups -OCH3 is 1. The first-order valence-electron chi connectivity index (χ1n) is 5.09. The maximum atomic E-state index is 11.4. The zero-order valence-electron chi connectivity index (χ0n) is 9.60. The highest BCUT2D eigenvalue weighted by Gasteiger charge is 2.15. The van der Waals surface area contributed by atoms with Crippen molar-refractivity contribution in [2.45, 2.75) is 19.8 Å². The minimum atomic E-state index is -3.35. The summed E-state index contributed by atoms with van der Waals surface area (Å²) in [4.78, 5) is 10.5. The molecule has 2 N–H and O–H groups in total. The van der Waals surface area contributed by atoms with Crippen LogP contribution in [0.4, 0.5) is 0 Å². The number of carboxylic acids is 1. The van der Waals surface area contributed by atoms with Crippen LogP contribution in [0.5, 0.6) is 0 Å². The van der Waals surface area contributed by atoms with Gasteiger partial charge in [0.05, 0.1) is 12.4 Å². The molecule has 96 valence electrons. The maximum Gasteiger partial charge on any atom is 0.303 e. The van der Waals surface area contributed by atoms with Gasteiger partial charge in [0.1, 0.15) is 0 Å². The van der Waals surface area contributed by atoms with Gasteiger partial charge in [-0.05, 0) is 5.92 Å². The molecule has 0 radical (unpaired) electrons. The Balaban J connectivity index is 4.04. The van der Waals surface area contributed by atoms with Crippen LogP contribution in [0.1, 0.15) is 19.8 Å². The highest BCUT2D eigenvalue weighted by atomic mass is 32.2. The zero-order chi connectivity index (χ0) is 12.6.